The minimum Gasteiger partial charge on any atom is -0.493 e. The lowest BCUT2D eigenvalue weighted by Gasteiger charge is -2.18. The molecule has 0 bridgehead atoms. The predicted molar refractivity (Wildman–Crippen MR) is 97.2 cm³/mol. The summed E-state index contributed by atoms with van der Waals surface area (Å²) in [4.78, 5) is 25.0. The summed E-state index contributed by atoms with van der Waals surface area (Å²) in [5.74, 6) is 0.354. The van der Waals surface area contributed by atoms with E-state index in [9.17, 15) is 9.59 Å². The van der Waals surface area contributed by atoms with Gasteiger partial charge in [0.15, 0.2) is 11.5 Å². The molecule has 0 radical (unpaired) electrons. The normalized spacial score (nSPS) is 16.2. The summed E-state index contributed by atoms with van der Waals surface area (Å²) >= 11 is 0. The number of aliphatic carboxylic acids is 1. The average Bonchev–Trinajstić information content (AvgIpc) is 3.31. The van der Waals surface area contributed by atoms with E-state index in [2.05, 4.69) is 10.4 Å². The predicted octanol–water partition coefficient (Wildman–Crippen LogP) is 1.89. The zero-order valence-corrected chi connectivity index (χ0v) is 15.2. The van der Waals surface area contributed by atoms with Crippen LogP contribution in [0.2, 0.25) is 0 Å². The molecule has 1 unspecified atom stereocenters. The number of rotatable bonds is 6. The van der Waals surface area contributed by atoms with Crippen molar-refractivity contribution in [3.05, 3.63) is 36.0 Å². The summed E-state index contributed by atoms with van der Waals surface area (Å²) in [7, 11) is 3.14. The smallest absolute Gasteiger partial charge is 0.323 e. The van der Waals surface area contributed by atoms with E-state index in [1.807, 2.05) is 12.1 Å². The van der Waals surface area contributed by atoms with Gasteiger partial charge in [-0.3, -0.25) is 10.1 Å². The van der Waals surface area contributed by atoms with Crippen LogP contribution in [0.4, 0.5) is 10.6 Å². The van der Waals surface area contributed by atoms with Crippen LogP contribution in [0.15, 0.2) is 30.5 Å². The topological polar surface area (TPSA) is 106 Å². The number of carbonyl (C=O) groups is 2. The number of para-hydroxylation sites is 1. The highest BCUT2D eigenvalue weighted by Crippen LogP contribution is 2.31. The minimum absolute atomic E-state index is 0.207. The second-order valence-corrected chi connectivity index (χ2v) is 6.23. The van der Waals surface area contributed by atoms with Gasteiger partial charge in [0.25, 0.3) is 0 Å². The maximum atomic E-state index is 12.4. The number of nitrogens with one attached hydrogen (secondary N) is 1. The second kappa shape index (κ2) is 7.98. The molecule has 0 aliphatic carbocycles. The number of carboxylic acids is 1. The number of benzene rings is 1. The first-order chi connectivity index (χ1) is 13.0. The molecule has 3 rings (SSSR count). The Kier molecular flexibility index (Phi) is 5.49. The molecule has 9 heteroatoms. The van der Waals surface area contributed by atoms with Gasteiger partial charge in [-0.15, -0.1) is 0 Å². The number of hydrogen-bond acceptors (Lipinski definition) is 5. The fourth-order valence-electron chi connectivity index (χ4n) is 3.14. The number of methoxy groups -OCH3 is 2. The van der Waals surface area contributed by atoms with Crippen molar-refractivity contribution in [3.63, 3.8) is 0 Å². The Bertz CT molecular complexity index is 835. The number of carboxylic acid groups (broad SMARTS) is 1. The number of ether oxygens (including phenoxy) is 2. The van der Waals surface area contributed by atoms with Crippen molar-refractivity contribution in [2.24, 2.45) is 5.92 Å². The summed E-state index contributed by atoms with van der Waals surface area (Å²) in [5, 5.41) is 16.1. The van der Waals surface area contributed by atoms with E-state index >= 15 is 0 Å². The lowest BCUT2D eigenvalue weighted by Crippen LogP contribution is -2.34. The lowest BCUT2D eigenvalue weighted by atomic mass is 10.1. The Morgan fingerprint density at radius 2 is 2.11 bits per heavy atom. The molecule has 1 fully saturated rings. The van der Waals surface area contributed by atoms with Gasteiger partial charge in [-0.05, 0) is 12.5 Å². The first-order valence-electron chi connectivity index (χ1n) is 8.54. The van der Waals surface area contributed by atoms with Crippen LogP contribution in [-0.4, -0.2) is 59.1 Å². The molecular weight excluding hydrogens is 352 g/mol. The van der Waals surface area contributed by atoms with E-state index in [0.717, 1.165) is 5.56 Å². The van der Waals surface area contributed by atoms with Gasteiger partial charge in [0.2, 0.25) is 0 Å². The van der Waals surface area contributed by atoms with Crippen LogP contribution in [0.5, 0.6) is 11.5 Å². The Morgan fingerprint density at radius 3 is 2.78 bits per heavy atom. The molecule has 27 heavy (non-hydrogen) atoms. The Labute approximate surface area is 156 Å². The minimum atomic E-state index is -0.875. The van der Waals surface area contributed by atoms with E-state index in [4.69, 9.17) is 14.6 Å². The van der Waals surface area contributed by atoms with Crippen LogP contribution >= 0.6 is 0 Å². The maximum Gasteiger partial charge on any atom is 0.323 e. The third-order valence-electron chi connectivity index (χ3n) is 4.58. The largest absolute Gasteiger partial charge is 0.493 e. The SMILES string of the molecule is COc1cccc(Cn2nccc2NC(=O)N2CCC(C(=O)O)C2)c1OC. The van der Waals surface area contributed by atoms with Gasteiger partial charge in [0.1, 0.15) is 5.82 Å². The van der Waals surface area contributed by atoms with Crippen molar-refractivity contribution in [2.75, 3.05) is 32.6 Å². The number of urea groups is 1. The van der Waals surface area contributed by atoms with Gasteiger partial charge >= 0.3 is 12.0 Å². The number of amides is 2. The molecule has 0 saturated carbocycles. The number of aromatic nitrogens is 2. The zero-order chi connectivity index (χ0) is 19.4. The van der Waals surface area contributed by atoms with Crippen molar-refractivity contribution in [1.82, 2.24) is 14.7 Å². The summed E-state index contributed by atoms with van der Waals surface area (Å²) in [6.45, 7) is 1.00. The molecule has 9 nitrogen and oxygen atoms in total. The molecule has 2 heterocycles. The van der Waals surface area contributed by atoms with Gasteiger partial charge in [0, 0.05) is 24.7 Å². The van der Waals surface area contributed by atoms with Gasteiger partial charge in [-0.2, -0.15) is 5.10 Å². The summed E-state index contributed by atoms with van der Waals surface area (Å²) in [6, 6.07) is 6.91. The Hall–Kier alpha value is -3.23. The van der Waals surface area contributed by atoms with Crippen molar-refractivity contribution >= 4 is 17.8 Å². The fourth-order valence-corrected chi connectivity index (χ4v) is 3.14. The van der Waals surface area contributed by atoms with Crippen molar-refractivity contribution in [2.45, 2.75) is 13.0 Å². The highest BCUT2D eigenvalue weighted by Gasteiger charge is 2.31. The van der Waals surface area contributed by atoms with Gasteiger partial charge in [0.05, 0.1) is 32.9 Å². The van der Waals surface area contributed by atoms with Crippen LogP contribution in [0.25, 0.3) is 0 Å². The first-order valence-corrected chi connectivity index (χ1v) is 8.54. The third-order valence-corrected chi connectivity index (χ3v) is 4.58. The number of nitrogens with zero attached hydrogens (tertiary/aromatic N) is 3. The van der Waals surface area contributed by atoms with Crippen LogP contribution in [0.3, 0.4) is 0 Å². The Morgan fingerprint density at radius 1 is 1.30 bits per heavy atom. The second-order valence-electron chi connectivity index (χ2n) is 6.23. The quantitative estimate of drug-likeness (QED) is 0.800. The van der Waals surface area contributed by atoms with Crippen molar-refractivity contribution < 1.29 is 24.2 Å². The molecule has 1 saturated heterocycles. The first kappa shape index (κ1) is 18.6. The molecular formula is C18H22N4O5. The highest BCUT2D eigenvalue weighted by molar-refractivity contribution is 5.89. The number of hydrogen-bond donors (Lipinski definition) is 2. The summed E-state index contributed by atoms with van der Waals surface area (Å²) < 4.78 is 12.4. The fraction of sp³-hybridized carbons (Fsp3) is 0.389. The van der Waals surface area contributed by atoms with E-state index in [0.29, 0.717) is 36.8 Å². The standard InChI is InChI=1S/C18H22N4O5/c1-26-14-5-3-4-12(16(14)27-2)11-22-15(6-8-19-22)20-18(25)21-9-7-13(10-21)17(23)24/h3-6,8,13H,7,9-11H2,1-2H3,(H,20,25)(H,23,24). The molecule has 2 amide bonds. The van der Waals surface area contributed by atoms with Gasteiger partial charge in [-0.1, -0.05) is 12.1 Å². The van der Waals surface area contributed by atoms with Crippen LogP contribution in [0.1, 0.15) is 12.0 Å². The maximum absolute atomic E-state index is 12.4. The number of carbonyl (C=O) groups excluding carboxylic acids is 1. The lowest BCUT2D eigenvalue weighted by molar-refractivity contribution is -0.141. The highest BCUT2D eigenvalue weighted by atomic mass is 16.5. The average molecular weight is 374 g/mol. The zero-order valence-electron chi connectivity index (χ0n) is 15.2. The third kappa shape index (κ3) is 3.97. The molecule has 1 aromatic heterocycles. The number of anilines is 1. The monoisotopic (exact) mass is 374 g/mol. The molecule has 1 aliphatic rings. The molecule has 1 atom stereocenters. The Balaban J connectivity index is 1.72. The van der Waals surface area contributed by atoms with Crippen molar-refractivity contribution in [1.29, 1.82) is 0 Å². The molecule has 2 aromatic rings. The number of likely N-dealkylation sites (tertiary alicyclic amines) is 1. The molecule has 144 valence electrons. The molecule has 2 N–H and O–H groups in total. The van der Waals surface area contributed by atoms with E-state index < -0.39 is 11.9 Å². The van der Waals surface area contributed by atoms with E-state index in [1.54, 1.807) is 37.2 Å². The van der Waals surface area contributed by atoms with Crippen LogP contribution in [-0.2, 0) is 11.3 Å². The summed E-state index contributed by atoms with van der Waals surface area (Å²) in [5.41, 5.74) is 0.850. The molecule has 1 aliphatic heterocycles. The van der Waals surface area contributed by atoms with Gasteiger partial charge < -0.3 is 19.5 Å². The van der Waals surface area contributed by atoms with Crippen LogP contribution < -0.4 is 14.8 Å². The van der Waals surface area contributed by atoms with Gasteiger partial charge in [-0.25, -0.2) is 9.48 Å². The molecule has 1 aromatic carbocycles. The molecule has 0 spiro atoms. The van der Waals surface area contributed by atoms with Crippen molar-refractivity contribution in [3.8, 4) is 11.5 Å². The van der Waals surface area contributed by atoms with Crippen LogP contribution in [0, 0.1) is 5.92 Å². The summed E-state index contributed by atoms with van der Waals surface area (Å²) in [6.07, 6.45) is 2.05. The van der Waals surface area contributed by atoms with E-state index in [1.165, 1.54) is 4.90 Å². The van der Waals surface area contributed by atoms with E-state index in [-0.39, 0.29) is 12.6 Å².